The summed E-state index contributed by atoms with van der Waals surface area (Å²) in [4.78, 5) is 11.5. The number of halogens is 1. The van der Waals surface area contributed by atoms with Gasteiger partial charge < -0.3 is 20.5 Å². The van der Waals surface area contributed by atoms with E-state index in [1.165, 1.54) is 20.3 Å². The molecule has 0 heterocycles. The Labute approximate surface area is 105 Å². The number of hydrogen-bond donors (Lipinski definition) is 2. The van der Waals surface area contributed by atoms with Gasteiger partial charge in [0.1, 0.15) is 5.75 Å². The molecule has 1 amide bonds. The van der Waals surface area contributed by atoms with Crippen molar-refractivity contribution < 1.29 is 18.7 Å². The van der Waals surface area contributed by atoms with E-state index in [9.17, 15) is 9.18 Å². The maximum Gasteiger partial charge on any atom is 0.224 e. The molecule has 0 fully saturated rings. The summed E-state index contributed by atoms with van der Waals surface area (Å²) >= 11 is 0. The van der Waals surface area contributed by atoms with E-state index in [-0.39, 0.29) is 23.8 Å². The van der Waals surface area contributed by atoms with Crippen LogP contribution in [-0.4, -0.2) is 26.7 Å². The highest BCUT2D eigenvalue weighted by Crippen LogP contribution is 2.31. The van der Waals surface area contributed by atoms with Crippen molar-refractivity contribution in [3.8, 4) is 11.5 Å². The molecule has 0 bridgehead atoms. The molecule has 0 atom stereocenters. The first kappa shape index (κ1) is 14.2. The summed E-state index contributed by atoms with van der Waals surface area (Å²) in [7, 11) is 2.79. The zero-order chi connectivity index (χ0) is 13.5. The van der Waals surface area contributed by atoms with Crippen LogP contribution in [-0.2, 0) is 4.79 Å². The van der Waals surface area contributed by atoms with E-state index < -0.39 is 5.82 Å². The summed E-state index contributed by atoms with van der Waals surface area (Å²) in [6.07, 6.45) is 0.861. The van der Waals surface area contributed by atoms with Gasteiger partial charge in [0.05, 0.1) is 19.9 Å². The average molecular weight is 256 g/mol. The fourth-order valence-electron chi connectivity index (χ4n) is 1.43. The van der Waals surface area contributed by atoms with Crippen molar-refractivity contribution in [2.24, 2.45) is 5.73 Å². The number of rotatable bonds is 6. The van der Waals surface area contributed by atoms with Crippen molar-refractivity contribution in [1.29, 1.82) is 0 Å². The van der Waals surface area contributed by atoms with Gasteiger partial charge in [0.2, 0.25) is 5.91 Å². The average Bonchev–Trinajstić information content (AvgIpc) is 2.36. The zero-order valence-electron chi connectivity index (χ0n) is 10.5. The number of benzene rings is 1. The summed E-state index contributed by atoms with van der Waals surface area (Å²) in [5.41, 5.74) is 5.58. The van der Waals surface area contributed by atoms with Gasteiger partial charge in [-0.2, -0.15) is 0 Å². The van der Waals surface area contributed by atoms with E-state index in [0.29, 0.717) is 18.7 Å². The van der Waals surface area contributed by atoms with Crippen molar-refractivity contribution in [1.82, 2.24) is 0 Å². The maximum atomic E-state index is 13.5. The molecule has 0 aromatic heterocycles. The van der Waals surface area contributed by atoms with Crippen LogP contribution in [0.15, 0.2) is 12.1 Å². The fraction of sp³-hybridized carbons (Fsp3) is 0.417. The summed E-state index contributed by atoms with van der Waals surface area (Å²) in [6.45, 7) is 0.432. The molecule has 6 heteroatoms. The normalized spacial score (nSPS) is 10.0. The number of carbonyl (C=O) groups is 1. The first-order valence-corrected chi connectivity index (χ1v) is 5.53. The molecule has 0 aliphatic rings. The molecule has 0 aliphatic carbocycles. The summed E-state index contributed by atoms with van der Waals surface area (Å²) in [6, 6.07) is 2.55. The van der Waals surface area contributed by atoms with E-state index in [2.05, 4.69) is 5.32 Å². The van der Waals surface area contributed by atoms with Crippen LogP contribution in [0.25, 0.3) is 0 Å². The Hall–Kier alpha value is -1.82. The smallest absolute Gasteiger partial charge is 0.224 e. The molecule has 0 aliphatic heterocycles. The standard InChI is InChI=1S/C12H17FN2O3/c1-17-10-7-11(18-2)9(6-8(10)13)15-12(16)4-3-5-14/h6-7H,3-5,14H2,1-2H3,(H,15,16). The Morgan fingerprint density at radius 2 is 2.00 bits per heavy atom. The topological polar surface area (TPSA) is 73.6 Å². The van der Waals surface area contributed by atoms with Crippen molar-refractivity contribution >= 4 is 11.6 Å². The van der Waals surface area contributed by atoms with E-state index >= 15 is 0 Å². The van der Waals surface area contributed by atoms with Crippen molar-refractivity contribution in [3.63, 3.8) is 0 Å². The van der Waals surface area contributed by atoms with Gasteiger partial charge in [0.25, 0.3) is 0 Å². The number of nitrogens with one attached hydrogen (secondary N) is 1. The summed E-state index contributed by atoms with van der Waals surface area (Å²) in [5, 5.41) is 2.57. The van der Waals surface area contributed by atoms with Crippen LogP contribution in [0, 0.1) is 5.82 Å². The van der Waals surface area contributed by atoms with Crippen LogP contribution in [0.5, 0.6) is 11.5 Å². The van der Waals surface area contributed by atoms with Gasteiger partial charge in [0.15, 0.2) is 11.6 Å². The molecule has 1 rings (SSSR count). The number of carbonyl (C=O) groups excluding carboxylic acids is 1. The van der Waals surface area contributed by atoms with Gasteiger partial charge in [0, 0.05) is 18.6 Å². The van der Waals surface area contributed by atoms with Gasteiger partial charge >= 0.3 is 0 Å². The minimum absolute atomic E-state index is 0.0619. The highest BCUT2D eigenvalue weighted by Gasteiger charge is 2.13. The second kappa shape index (κ2) is 6.80. The van der Waals surface area contributed by atoms with Gasteiger partial charge in [-0.1, -0.05) is 0 Å². The van der Waals surface area contributed by atoms with Crippen LogP contribution < -0.4 is 20.5 Å². The zero-order valence-corrected chi connectivity index (χ0v) is 10.5. The highest BCUT2D eigenvalue weighted by molar-refractivity contribution is 5.92. The van der Waals surface area contributed by atoms with Crippen molar-refractivity contribution in [2.45, 2.75) is 12.8 Å². The number of ether oxygens (including phenoxy) is 2. The Balaban J connectivity index is 2.87. The lowest BCUT2D eigenvalue weighted by atomic mass is 10.2. The molecule has 3 N–H and O–H groups in total. The summed E-state index contributed by atoms with van der Waals surface area (Å²) < 4.78 is 23.4. The molecule has 0 saturated carbocycles. The Bertz CT molecular complexity index is 424. The molecule has 0 radical (unpaired) electrons. The van der Waals surface area contributed by atoms with Crippen LogP contribution in [0.3, 0.4) is 0 Å². The number of methoxy groups -OCH3 is 2. The lowest BCUT2D eigenvalue weighted by molar-refractivity contribution is -0.116. The number of hydrogen-bond acceptors (Lipinski definition) is 4. The molecule has 0 spiro atoms. The SMILES string of the molecule is COc1cc(OC)c(NC(=O)CCCN)cc1F. The molecule has 1 aromatic rings. The first-order valence-electron chi connectivity index (χ1n) is 5.53. The van der Waals surface area contributed by atoms with E-state index in [0.717, 1.165) is 6.07 Å². The molecule has 100 valence electrons. The lowest BCUT2D eigenvalue weighted by Gasteiger charge is -2.12. The second-order valence-electron chi connectivity index (χ2n) is 3.63. The Morgan fingerprint density at radius 3 is 2.56 bits per heavy atom. The second-order valence-corrected chi connectivity index (χ2v) is 3.63. The predicted octanol–water partition coefficient (Wildman–Crippen LogP) is 1.52. The van der Waals surface area contributed by atoms with E-state index in [1.54, 1.807) is 0 Å². The van der Waals surface area contributed by atoms with E-state index in [1.807, 2.05) is 0 Å². The highest BCUT2D eigenvalue weighted by atomic mass is 19.1. The minimum Gasteiger partial charge on any atom is -0.494 e. The van der Waals surface area contributed by atoms with Crippen LogP contribution in [0.1, 0.15) is 12.8 Å². The summed E-state index contributed by atoms with van der Waals surface area (Å²) in [5.74, 6) is -0.392. The van der Waals surface area contributed by atoms with Gasteiger partial charge in [-0.05, 0) is 13.0 Å². The predicted molar refractivity (Wildman–Crippen MR) is 66.4 cm³/mol. The number of amides is 1. The van der Waals surface area contributed by atoms with Gasteiger partial charge in [-0.15, -0.1) is 0 Å². The third-order valence-electron chi connectivity index (χ3n) is 2.36. The lowest BCUT2D eigenvalue weighted by Crippen LogP contribution is -2.14. The van der Waals surface area contributed by atoms with Gasteiger partial charge in [-0.3, -0.25) is 4.79 Å². The first-order chi connectivity index (χ1) is 8.62. The third kappa shape index (κ3) is 3.59. The number of nitrogens with two attached hydrogens (primary N) is 1. The van der Waals surface area contributed by atoms with Crippen molar-refractivity contribution in [3.05, 3.63) is 17.9 Å². The molecule has 0 saturated heterocycles. The fourth-order valence-corrected chi connectivity index (χ4v) is 1.43. The largest absolute Gasteiger partial charge is 0.494 e. The van der Waals surface area contributed by atoms with Crippen LogP contribution in [0.2, 0.25) is 0 Å². The quantitative estimate of drug-likeness (QED) is 0.809. The molecule has 0 unspecified atom stereocenters. The molecule has 18 heavy (non-hydrogen) atoms. The van der Waals surface area contributed by atoms with Gasteiger partial charge in [-0.25, -0.2) is 4.39 Å². The van der Waals surface area contributed by atoms with Crippen molar-refractivity contribution in [2.75, 3.05) is 26.1 Å². The Kier molecular flexibility index (Phi) is 5.38. The molecular weight excluding hydrogens is 239 g/mol. The Morgan fingerprint density at radius 1 is 1.33 bits per heavy atom. The molecule has 5 nitrogen and oxygen atoms in total. The van der Waals surface area contributed by atoms with E-state index in [4.69, 9.17) is 15.2 Å². The number of anilines is 1. The molecular formula is C12H17FN2O3. The monoisotopic (exact) mass is 256 g/mol. The third-order valence-corrected chi connectivity index (χ3v) is 2.36. The van der Waals surface area contributed by atoms with Crippen LogP contribution in [0.4, 0.5) is 10.1 Å². The van der Waals surface area contributed by atoms with Crippen LogP contribution >= 0.6 is 0 Å². The maximum absolute atomic E-state index is 13.5. The minimum atomic E-state index is -0.563. The molecule has 1 aromatic carbocycles.